The minimum atomic E-state index is 0.769. The van der Waals surface area contributed by atoms with Gasteiger partial charge in [0.15, 0.2) is 0 Å². The van der Waals surface area contributed by atoms with E-state index < -0.39 is 0 Å². The maximum absolute atomic E-state index is 9.74. The molecule has 3 nitrogen and oxygen atoms in total. The van der Waals surface area contributed by atoms with Crippen LogP contribution in [0.3, 0.4) is 0 Å². The third kappa shape index (κ3) is 9.43. The Morgan fingerprint density at radius 1 is 1.17 bits per heavy atom. The number of nitrogens with zero attached hydrogens (tertiary/aromatic N) is 1. The van der Waals surface area contributed by atoms with Gasteiger partial charge in [-0.2, -0.15) is 0 Å². The van der Waals surface area contributed by atoms with Gasteiger partial charge >= 0.3 is 6.41 Å². The normalized spacial score (nSPS) is 10.2. The SMILES string of the molecule is CN(C)CCCCCCN[C]=O. The van der Waals surface area contributed by atoms with Crippen LogP contribution in [0, 0.1) is 0 Å². The summed E-state index contributed by atoms with van der Waals surface area (Å²) in [5.74, 6) is 0. The minimum Gasteiger partial charge on any atom is -0.348 e. The predicted molar refractivity (Wildman–Crippen MR) is 50.7 cm³/mol. The molecule has 12 heavy (non-hydrogen) atoms. The van der Waals surface area contributed by atoms with Crippen LogP contribution in [0.25, 0.3) is 0 Å². The number of hydrogen-bond acceptors (Lipinski definition) is 2. The topological polar surface area (TPSA) is 32.3 Å². The first-order valence-corrected chi connectivity index (χ1v) is 4.52. The minimum absolute atomic E-state index is 0.769. The number of unbranched alkanes of at least 4 members (excludes halogenated alkanes) is 3. The molecule has 0 bridgehead atoms. The van der Waals surface area contributed by atoms with Crippen LogP contribution in [-0.4, -0.2) is 38.5 Å². The van der Waals surface area contributed by atoms with Crippen molar-refractivity contribution in [3.8, 4) is 0 Å². The molecule has 0 aromatic rings. The predicted octanol–water partition coefficient (Wildman–Crippen LogP) is 0.765. The fourth-order valence-electron chi connectivity index (χ4n) is 1.05. The zero-order valence-corrected chi connectivity index (χ0v) is 8.10. The molecule has 0 aliphatic carbocycles. The lowest BCUT2D eigenvalue weighted by Crippen LogP contribution is -2.13. The molecule has 0 fully saturated rings. The Morgan fingerprint density at radius 3 is 2.42 bits per heavy atom. The van der Waals surface area contributed by atoms with Crippen molar-refractivity contribution >= 4 is 6.41 Å². The smallest absolute Gasteiger partial charge is 0.309 e. The second kappa shape index (κ2) is 8.53. The van der Waals surface area contributed by atoms with E-state index >= 15 is 0 Å². The first-order valence-electron chi connectivity index (χ1n) is 4.52. The summed E-state index contributed by atoms with van der Waals surface area (Å²) in [5, 5.41) is 2.53. The van der Waals surface area contributed by atoms with Gasteiger partial charge in [0.05, 0.1) is 0 Å². The largest absolute Gasteiger partial charge is 0.348 e. The van der Waals surface area contributed by atoms with Crippen LogP contribution in [0.15, 0.2) is 0 Å². The van der Waals surface area contributed by atoms with E-state index in [2.05, 4.69) is 24.3 Å². The third-order valence-corrected chi connectivity index (χ3v) is 1.73. The highest BCUT2D eigenvalue weighted by Crippen LogP contribution is 1.98. The first-order chi connectivity index (χ1) is 5.77. The molecule has 0 saturated carbocycles. The van der Waals surface area contributed by atoms with Crippen molar-refractivity contribution in [2.24, 2.45) is 0 Å². The highest BCUT2D eigenvalue weighted by molar-refractivity contribution is 5.46. The highest BCUT2D eigenvalue weighted by atomic mass is 16.1. The van der Waals surface area contributed by atoms with Crippen molar-refractivity contribution in [1.82, 2.24) is 10.2 Å². The van der Waals surface area contributed by atoms with Gasteiger partial charge in [-0.15, -0.1) is 0 Å². The van der Waals surface area contributed by atoms with E-state index in [1.54, 1.807) is 6.41 Å². The Hall–Kier alpha value is -0.570. The summed E-state index contributed by atoms with van der Waals surface area (Å²) in [7, 11) is 4.17. The molecule has 71 valence electrons. The fourth-order valence-corrected chi connectivity index (χ4v) is 1.05. The molecule has 3 heteroatoms. The van der Waals surface area contributed by atoms with Crippen LogP contribution in [0.4, 0.5) is 0 Å². The average Bonchev–Trinajstić information content (AvgIpc) is 2.02. The van der Waals surface area contributed by atoms with Gasteiger partial charge in [0.2, 0.25) is 0 Å². The molecule has 0 aromatic heterocycles. The van der Waals surface area contributed by atoms with E-state index in [1.807, 2.05) is 0 Å². The summed E-state index contributed by atoms with van der Waals surface area (Å²) < 4.78 is 0. The quantitative estimate of drug-likeness (QED) is 0.432. The molecule has 1 amide bonds. The molecule has 0 unspecified atom stereocenters. The molecule has 1 radical (unpaired) electrons. The molecule has 0 heterocycles. The Kier molecular flexibility index (Phi) is 8.12. The molecule has 0 rings (SSSR count). The zero-order chi connectivity index (χ0) is 9.23. The van der Waals surface area contributed by atoms with E-state index in [0.717, 1.165) is 19.5 Å². The van der Waals surface area contributed by atoms with E-state index in [9.17, 15) is 4.79 Å². The van der Waals surface area contributed by atoms with Crippen LogP contribution in [0.2, 0.25) is 0 Å². The van der Waals surface area contributed by atoms with Crippen molar-refractivity contribution in [2.45, 2.75) is 25.7 Å². The summed E-state index contributed by atoms with van der Waals surface area (Å²) in [6.07, 6.45) is 6.43. The van der Waals surface area contributed by atoms with Crippen LogP contribution in [0.5, 0.6) is 0 Å². The maximum Gasteiger partial charge on any atom is 0.309 e. The average molecular weight is 171 g/mol. The van der Waals surface area contributed by atoms with Crippen molar-refractivity contribution in [2.75, 3.05) is 27.2 Å². The van der Waals surface area contributed by atoms with Crippen LogP contribution >= 0.6 is 0 Å². The van der Waals surface area contributed by atoms with E-state index in [0.29, 0.717) is 0 Å². The van der Waals surface area contributed by atoms with E-state index in [1.165, 1.54) is 19.3 Å². The first kappa shape index (κ1) is 11.4. The summed E-state index contributed by atoms with van der Waals surface area (Å²) >= 11 is 0. The zero-order valence-electron chi connectivity index (χ0n) is 8.10. The van der Waals surface area contributed by atoms with Gasteiger partial charge in [-0.25, -0.2) is 0 Å². The fraction of sp³-hybridized carbons (Fsp3) is 0.889. The lowest BCUT2D eigenvalue weighted by Gasteiger charge is -2.08. The van der Waals surface area contributed by atoms with Gasteiger partial charge in [0.1, 0.15) is 0 Å². The Morgan fingerprint density at radius 2 is 1.83 bits per heavy atom. The molecule has 0 saturated heterocycles. The second-order valence-corrected chi connectivity index (χ2v) is 3.25. The Bertz CT molecular complexity index is 105. The standard InChI is InChI=1S/C9H19N2O/c1-11(2)8-6-4-3-5-7-10-9-12/h3-8H2,1-2H3,(H,10,12). The van der Waals surface area contributed by atoms with Crippen molar-refractivity contribution in [3.05, 3.63) is 0 Å². The lowest BCUT2D eigenvalue weighted by molar-refractivity contribution is 0.390. The molecular weight excluding hydrogens is 152 g/mol. The maximum atomic E-state index is 9.74. The van der Waals surface area contributed by atoms with Crippen molar-refractivity contribution < 1.29 is 4.79 Å². The lowest BCUT2D eigenvalue weighted by atomic mass is 10.2. The summed E-state index contributed by atoms with van der Waals surface area (Å²) in [5.41, 5.74) is 0. The number of amides is 1. The van der Waals surface area contributed by atoms with Crippen LogP contribution in [0.1, 0.15) is 25.7 Å². The molecule has 0 aliphatic rings. The summed E-state index contributed by atoms with van der Waals surface area (Å²) in [6.45, 7) is 1.93. The number of hydrogen-bond donors (Lipinski definition) is 1. The molecule has 0 aliphatic heterocycles. The number of rotatable bonds is 8. The van der Waals surface area contributed by atoms with Crippen LogP contribution in [-0.2, 0) is 4.79 Å². The van der Waals surface area contributed by atoms with Gasteiger partial charge in [-0.3, -0.25) is 4.79 Å². The number of carbonyl (C=O) groups excluding carboxylic acids is 1. The highest BCUT2D eigenvalue weighted by Gasteiger charge is 1.91. The van der Waals surface area contributed by atoms with Gasteiger partial charge < -0.3 is 10.2 Å². The van der Waals surface area contributed by atoms with Gasteiger partial charge in [0, 0.05) is 6.54 Å². The van der Waals surface area contributed by atoms with E-state index in [4.69, 9.17) is 0 Å². The number of nitrogens with one attached hydrogen (secondary N) is 1. The van der Waals surface area contributed by atoms with Gasteiger partial charge in [-0.05, 0) is 33.5 Å². The third-order valence-electron chi connectivity index (χ3n) is 1.73. The molecule has 1 N–H and O–H groups in total. The summed E-state index contributed by atoms with van der Waals surface area (Å²) in [6, 6.07) is 0. The molecular formula is C9H19N2O. The van der Waals surface area contributed by atoms with Gasteiger partial charge in [-0.1, -0.05) is 12.8 Å². The Balaban J connectivity index is 2.86. The molecule has 0 atom stereocenters. The van der Waals surface area contributed by atoms with Crippen molar-refractivity contribution in [3.63, 3.8) is 0 Å². The monoisotopic (exact) mass is 171 g/mol. The van der Waals surface area contributed by atoms with Gasteiger partial charge in [0.25, 0.3) is 0 Å². The second-order valence-electron chi connectivity index (χ2n) is 3.25. The molecule has 0 aromatic carbocycles. The van der Waals surface area contributed by atoms with E-state index in [-0.39, 0.29) is 0 Å². The Labute approximate surface area is 75.1 Å². The van der Waals surface area contributed by atoms with Crippen molar-refractivity contribution in [1.29, 1.82) is 0 Å². The molecule has 0 spiro atoms. The summed E-state index contributed by atoms with van der Waals surface area (Å²) in [4.78, 5) is 11.9. The van der Waals surface area contributed by atoms with Crippen LogP contribution < -0.4 is 5.32 Å².